The van der Waals surface area contributed by atoms with E-state index in [0.717, 1.165) is 58.4 Å². The normalized spacial score (nSPS) is 12.8. The summed E-state index contributed by atoms with van der Waals surface area (Å²) in [6, 6.07) is 0. The highest BCUT2D eigenvalue weighted by molar-refractivity contribution is 5.85. The third-order valence-corrected chi connectivity index (χ3v) is 3.49. The summed E-state index contributed by atoms with van der Waals surface area (Å²) in [5.41, 5.74) is 5.43. The van der Waals surface area contributed by atoms with Crippen LogP contribution in [0.3, 0.4) is 0 Å². The first-order valence-electron chi connectivity index (χ1n) is 7.81. The Morgan fingerprint density at radius 3 is 2.45 bits per heavy atom. The molecule has 20 heavy (non-hydrogen) atoms. The van der Waals surface area contributed by atoms with Crippen molar-refractivity contribution in [2.75, 3.05) is 26.3 Å². The van der Waals surface area contributed by atoms with E-state index in [1.54, 1.807) is 0 Å². The van der Waals surface area contributed by atoms with Gasteiger partial charge >= 0.3 is 0 Å². The molecule has 0 saturated heterocycles. The monoisotopic (exact) mass is 287 g/mol. The van der Waals surface area contributed by atoms with Gasteiger partial charge in [-0.15, -0.1) is 0 Å². The number of unbranched alkanes of at least 4 members (excludes halogenated alkanes) is 2. The van der Waals surface area contributed by atoms with E-state index >= 15 is 0 Å². The van der Waals surface area contributed by atoms with Gasteiger partial charge in [0.2, 0.25) is 0 Å². The molecule has 0 amide bonds. The Hall–Kier alpha value is -0.810. The zero-order valence-electron chi connectivity index (χ0n) is 13.5. The Bertz CT molecular complexity index is 256. The summed E-state index contributed by atoms with van der Waals surface area (Å²) in [7, 11) is 0. The van der Waals surface area contributed by atoms with Gasteiger partial charge in [-0.2, -0.15) is 0 Å². The van der Waals surface area contributed by atoms with Gasteiger partial charge in [-0.3, -0.25) is 0 Å². The third-order valence-electron chi connectivity index (χ3n) is 3.49. The molecule has 0 atom stereocenters. The van der Waals surface area contributed by atoms with Crippen molar-refractivity contribution in [1.82, 2.24) is 5.32 Å². The summed E-state index contributed by atoms with van der Waals surface area (Å²) >= 11 is 0. The van der Waals surface area contributed by atoms with Crippen LogP contribution >= 0.6 is 0 Å². The fourth-order valence-electron chi connectivity index (χ4n) is 1.85. The van der Waals surface area contributed by atoms with Crippen molar-refractivity contribution in [3.05, 3.63) is 0 Å². The standard InChI is InChI=1S/C15H33N3O2/c1-4-5-12-20-13-8-11-17-10-7-6-9-15(2,3)14(16)18-19/h17,19H,4-13H2,1-3H3,(H2,16,18). The molecule has 0 aromatic rings. The van der Waals surface area contributed by atoms with Crippen molar-refractivity contribution in [3.63, 3.8) is 0 Å². The molecule has 0 saturated carbocycles. The predicted molar refractivity (Wildman–Crippen MR) is 84.3 cm³/mol. The maximum Gasteiger partial charge on any atom is 0.144 e. The molecule has 0 radical (unpaired) electrons. The maximum atomic E-state index is 8.69. The largest absolute Gasteiger partial charge is 0.409 e. The average Bonchev–Trinajstić information content (AvgIpc) is 2.43. The van der Waals surface area contributed by atoms with E-state index in [-0.39, 0.29) is 5.41 Å². The van der Waals surface area contributed by atoms with Gasteiger partial charge < -0.3 is 21.0 Å². The van der Waals surface area contributed by atoms with Crippen molar-refractivity contribution in [3.8, 4) is 0 Å². The molecule has 0 aromatic heterocycles. The zero-order chi connectivity index (χ0) is 15.3. The van der Waals surface area contributed by atoms with Gasteiger partial charge in [0, 0.05) is 18.6 Å². The fraction of sp³-hybridized carbons (Fsp3) is 0.933. The zero-order valence-corrected chi connectivity index (χ0v) is 13.5. The average molecular weight is 287 g/mol. The topological polar surface area (TPSA) is 79.9 Å². The Balaban J connectivity index is 3.33. The summed E-state index contributed by atoms with van der Waals surface area (Å²) in [6.45, 7) is 9.94. The molecule has 0 aliphatic rings. The Morgan fingerprint density at radius 2 is 1.80 bits per heavy atom. The van der Waals surface area contributed by atoms with E-state index in [1.165, 1.54) is 6.42 Å². The molecule has 0 fully saturated rings. The molecule has 5 nitrogen and oxygen atoms in total. The highest BCUT2D eigenvalue weighted by Crippen LogP contribution is 2.22. The Kier molecular flexibility index (Phi) is 11.5. The predicted octanol–water partition coefficient (Wildman–Crippen LogP) is 2.73. The van der Waals surface area contributed by atoms with Crippen LogP contribution in [0, 0.1) is 5.41 Å². The van der Waals surface area contributed by atoms with Crippen LogP contribution in [0.2, 0.25) is 0 Å². The lowest BCUT2D eigenvalue weighted by Crippen LogP contribution is -2.32. The van der Waals surface area contributed by atoms with Crippen LogP contribution in [0.15, 0.2) is 5.16 Å². The fourth-order valence-corrected chi connectivity index (χ4v) is 1.85. The third kappa shape index (κ3) is 10.0. The van der Waals surface area contributed by atoms with E-state index < -0.39 is 0 Å². The minimum absolute atomic E-state index is 0.220. The first-order valence-corrected chi connectivity index (χ1v) is 7.81. The second-order valence-electron chi connectivity index (χ2n) is 5.90. The van der Waals surface area contributed by atoms with Gasteiger partial charge in [0.25, 0.3) is 0 Å². The number of hydrogen-bond donors (Lipinski definition) is 3. The van der Waals surface area contributed by atoms with Crippen LogP contribution in [-0.2, 0) is 4.74 Å². The summed E-state index contributed by atoms with van der Waals surface area (Å²) in [5, 5.41) is 15.2. The first-order chi connectivity index (χ1) is 9.54. The highest BCUT2D eigenvalue weighted by atomic mass is 16.5. The van der Waals surface area contributed by atoms with E-state index in [9.17, 15) is 0 Å². The van der Waals surface area contributed by atoms with Gasteiger partial charge in [0.15, 0.2) is 0 Å². The highest BCUT2D eigenvalue weighted by Gasteiger charge is 2.22. The van der Waals surface area contributed by atoms with Crippen LogP contribution in [0.25, 0.3) is 0 Å². The number of nitrogens with zero attached hydrogens (tertiary/aromatic N) is 1. The molecule has 0 aromatic carbocycles. The summed E-state index contributed by atoms with van der Waals surface area (Å²) in [4.78, 5) is 0. The van der Waals surface area contributed by atoms with Gasteiger partial charge in [-0.05, 0) is 38.8 Å². The van der Waals surface area contributed by atoms with Crippen LogP contribution in [0.5, 0.6) is 0 Å². The Labute approximate surface area is 123 Å². The van der Waals surface area contributed by atoms with Crippen molar-refractivity contribution in [2.24, 2.45) is 16.3 Å². The van der Waals surface area contributed by atoms with Crippen LogP contribution in [0.4, 0.5) is 0 Å². The molecule has 120 valence electrons. The smallest absolute Gasteiger partial charge is 0.144 e. The molecular formula is C15H33N3O2. The molecular weight excluding hydrogens is 254 g/mol. The van der Waals surface area contributed by atoms with Crippen molar-refractivity contribution in [1.29, 1.82) is 0 Å². The molecule has 0 aliphatic heterocycles. The van der Waals surface area contributed by atoms with E-state index in [0.29, 0.717) is 5.84 Å². The lowest BCUT2D eigenvalue weighted by Gasteiger charge is -2.22. The number of rotatable bonds is 13. The molecule has 0 unspecified atom stereocenters. The minimum Gasteiger partial charge on any atom is -0.409 e. The second kappa shape index (κ2) is 12.0. The van der Waals surface area contributed by atoms with E-state index in [4.69, 9.17) is 15.7 Å². The summed E-state index contributed by atoms with van der Waals surface area (Å²) in [5.74, 6) is 0.315. The number of ether oxygens (including phenoxy) is 1. The number of oxime groups is 1. The van der Waals surface area contributed by atoms with Crippen molar-refractivity contribution < 1.29 is 9.94 Å². The number of amidine groups is 1. The maximum absolute atomic E-state index is 8.69. The second-order valence-corrected chi connectivity index (χ2v) is 5.90. The van der Waals surface area contributed by atoms with E-state index in [2.05, 4.69) is 17.4 Å². The van der Waals surface area contributed by atoms with E-state index in [1.807, 2.05) is 13.8 Å². The van der Waals surface area contributed by atoms with Gasteiger partial charge in [-0.1, -0.05) is 38.8 Å². The van der Waals surface area contributed by atoms with Crippen LogP contribution in [-0.4, -0.2) is 37.3 Å². The molecule has 4 N–H and O–H groups in total. The molecule has 0 rings (SSSR count). The van der Waals surface area contributed by atoms with Gasteiger partial charge in [0.05, 0.1) is 0 Å². The quantitative estimate of drug-likeness (QED) is 0.160. The first kappa shape index (κ1) is 19.2. The summed E-state index contributed by atoms with van der Waals surface area (Å²) < 4.78 is 5.49. The Morgan fingerprint density at radius 1 is 1.15 bits per heavy atom. The number of nitrogens with one attached hydrogen (secondary N) is 1. The van der Waals surface area contributed by atoms with Crippen LogP contribution in [0.1, 0.15) is 59.3 Å². The van der Waals surface area contributed by atoms with Crippen molar-refractivity contribution in [2.45, 2.75) is 59.3 Å². The SMILES string of the molecule is CCCCOCCCNCCCCC(C)(C)C(N)=NO. The van der Waals surface area contributed by atoms with Gasteiger partial charge in [0.1, 0.15) is 5.84 Å². The molecule has 0 bridgehead atoms. The number of nitrogens with two attached hydrogens (primary N) is 1. The lowest BCUT2D eigenvalue weighted by atomic mass is 9.86. The van der Waals surface area contributed by atoms with Crippen LogP contribution < -0.4 is 11.1 Å². The molecule has 5 heteroatoms. The molecule has 0 heterocycles. The molecule has 0 spiro atoms. The number of hydrogen-bond acceptors (Lipinski definition) is 4. The molecule has 0 aliphatic carbocycles. The lowest BCUT2D eigenvalue weighted by molar-refractivity contribution is 0.129. The van der Waals surface area contributed by atoms with Gasteiger partial charge in [-0.25, -0.2) is 0 Å². The summed E-state index contributed by atoms with van der Waals surface area (Å²) in [6.07, 6.45) is 6.54. The minimum atomic E-state index is -0.220. The van der Waals surface area contributed by atoms with Crippen molar-refractivity contribution >= 4 is 5.84 Å².